The first kappa shape index (κ1) is 14.4. The average molecular weight is 243 g/mol. The number of hydrogen-bond acceptors (Lipinski definition) is 4. The number of carbonyl (C=O) groups excluding carboxylic acids is 1. The van der Waals surface area contributed by atoms with Crippen LogP contribution in [0.3, 0.4) is 0 Å². The Labute approximate surface area is 104 Å². The summed E-state index contributed by atoms with van der Waals surface area (Å²) in [5.41, 5.74) is 0. The number of aliphatic hydroxyl groups excluding tert-OH is 1. The third kappa shape index (κ3) is 6.61. The summed E-state index contributed by atoms with van der Waals surface area (Å²) in [6, 6.07) is 0. The van der Waals surface area contributed by atoms with Gasteiger partial charge in [0.15, 0.2) is 0 Å². The first-order valence-corrected chi connectivity index (χ1v) is 6.43. The smallest absolute Gasteiger partial charge is 0.220 e. The van der Waals surface area contributed by atoms with Crippen molar-refractivity contribution in [2.24, 2.45) is 0 Å². The molecule has 0 aromatic carbocycles. The van der Waals surface area contributed by atoms with Crippen molar-refractivity contribution in [3.05, 3.63) is 0 Å². The SMILES string of the molecule is CC(O)CCC(=O)NCCN1CCN(C)CC1. The first-order valence-electron chi connectivity index (χ1n) is 6.43. The topological polar surface area (TPSA) is 55.8 Å². The Bertz CT molecular complexity index is 226. The lowest BCUT2D eigenvalue weighted by atomic mass is 10.2. The third-order valence-corrected chi connectivity index (χ3v) is 3.14. The lowest BCUT2D eigenvalue weighted by Gasteiger charge is -2.32. The fourth-order valence-corrected chi connectivity index (χ4v) is 1.85. The highest BCUT2D eigenvalue weighted by atomic mass is 16.3. The summed E-state index contributed by atoms with van der Waals surface area (Å²) in [5.74, 6) is 0.0417. The van der Waals surface area contributed by atoms with Crippen molar-refractivity contribution in [3.63, 3.8) is 0 Å². The van der Waals surface area contributed by atoms with Crippen LogP contribution in [0, 0.1) is 0 Å². The van der Waals surface area contributed by atoms with Crippen molar-refractivity contribution in [3.8, 4) is 0 Å². The van der Waals surface area contributed by atoms with Crippen LogP contribution in [0.25, 0.3) is 0 Å². The number of likely N-dealkylation sites (N-methyl/N-ethyl adjacent to an activating group) is 1. The molecule has 1 aliphatic rings. The molecule has 1 unspecified atom stereocenters. The molecule has 0 aliphatic carbocycles. The van der Waals surface area contributed by atoms with Crippen molar-refractivity contribution >= 4 is 5.91 Å². The minimum absolute atomic E-state index is 0.0417. The zero-order valence-corrected chi connectivity index (χ0v) is 11.0. The molecule has 0 bridgehead atoms. The van der Waals surface area contributed by atoms with Crippen LogP contribution < -0.4 is 5.32 Å². The minimum atomic E-state index is -0.390. The Hall–Kier alpha value is -0.650. The summed E-state index contributed by atoms with van der Waals surface area (Å²) in [6.07, 6.45) is 0.569. The molecule has 0 aromatic rings. The van der Waals surface area contributed by atoms with E-state index >= 15 is 0 Å². The molecule has 1 heterocycles. The molecule has 0 radical (unpaired) electrons. The summed E-state index contributed by atoms with van der Waals surface area (Å²) in [6.45, 7) is 7.72. The van der Waals surface area contributed by atoms with Gasteiger partial charge in [-0.05, 0) is 20.4 Å². The highest BCUT2D eigenvalue weighted by Gasteiger charge is 2.13. The Morgan fingerprint density at radius 2 is 2.00 bits per heavy atom. The monoisotopic (exact) mass is 243 g/mol. The maximum absolute atomic E-state index is 11.4. The molecule has 1 fully saturated rings. The molecule has 1 saturated heterocycles. The zero-order valence-electron chi connectivity index (χ0n) is 11.0. The van der Waals surface area contributed by atoms with Crippen LogP contribution in [0.15, 0.2) is 0 Å². The van der Waals surface area contributed by atoms with E-state index in [1.807, 2.05) is 0 Å². The molecule has 0 aromatic heterocycles. The number of carbonyl (C=O) groups is 1. The second kappa shape index (κ2) is 7.63. The van der Waals surface area contributed by atoms with Crippen LogP contribution in [0.1, 0.15) is 19.8 Å². The van der Waals surface area contributed by atoms with Gasteiger partial charge in [0.2, 0.25) is 5.91 Å². The van der Waals surface area contributed by atoms with E-state index in [-0.39, 0.29) is 5.91 Å². The zero-order chi connectivity index (χ0) is 12.7. The van der Waals surface area contributed by atoms with E-state index in [1.165, 1.54) is 0 Å². The summed E-state index contributed by atoms with van der Waals surface area (Å²) in [4.78, 5) is 16.1. The van der Waals surface area contributed by atoms with Gasteiger partial charge in [0.1, 0.15) is 0 Å². The van der Waals surface area contributed by atoms with Gasteiger partial charge in [0.05, 0.1) is 6.10 Å². The van der Waals surface area contributed by atoms with E-state index in [0.717, 1.165) is 32.7 Å². The van der Waals surface area contributed by atoms with Crippen LogP contribution in [0.4, 0.5) is 0 Å². The van der Waals surface area contributed by atoms with Gasteiger partial charge in [-0.1, -0.05) is 0 Å². The molecule has 0 spiro atoms. The van der Waals surface area contributed by atoms with Crippen LogP contribution in [-0.4, -0.2) is 73.2 Å². The Morgan fingerprint density at radius 3 is 2.59 bits per heavy atom. The third-order valence-electron chi connectivity index (χ3n) is 3.14. The standard InChI is InChI=1S/C12H25N3O2/c1-11(16)3-4-12(17)13-5-6-15-9-7-14(2)8-10-15/h11,16H,3-10H2,1-2H3,(H,13,17). The fourth-order valence-electron chi connectivity index (χ4n) is 1.85. The van der Waals surface area contributed by atoms with Crippen molar-refractivity contribution in [2.45, 2.75) is 25.9 Å². The van der Waals surface area contributed by atoms with Gasteiger partial charge in [0.25, 0.3) is 0 Å². The van der Waals surface area contributed by atoms with E-state index in [9.17, 15) is 4.79 Å². The van der Waals surface area contributed by atoms with E-state index in [4.69, 9.17) is 5.11 Å². The molecular weight excluding hydrogens is 218 g/mol. The van der Waals surface area contributed by atoms with Gasteiger partial charge in [-0.3, -0.25) is 9.69 Å². The Kier molecular flexibility index (Phi) is 6.47. The van der Waals surface area contributed by atoms with Crippen molar-refractivity contribution in [2.75, 3.05) is 46.3 Å². The number of nitrogens with zero attached hydrogens (tertiary/aromatic N) is 2. The minimum Gasteiger partial charge on any atom is -0.393 e. The molecular formula is C12H25N3O2. The fraction of sp³-hybridized carbons (Fsp3) is 0.917. The van der Waals surface area contributed by atoms with Gasteiger partial charge < -0.3 is 15.3 Å². The molecule has 100 valence electrons. The Balaban J connectivity index is 2.01. The maximum Gasteiger partial charge on any atom is 0.220 e. The molecule has 0 saturated carbocycles. The van der Waals surface area contributed by atoms with Gasteiger partial charge in [-0.25, -0.2) is 0 Å². The number of nitrogens with one attached hydrogen (secondary N) is 1. The summed E-state index contributed by atoms with van der Waals surface area (Å²) in [5, 5.41) is 12.0. The maximum atomic E-state index is 11.4. The summed E-state index contributed by atoms with van der Waals surface area (Å²) >= 11 is 0. The molecule has 1 atom stereocenters. The number of rotatable bonds is 6. The normalized spacial score (nSPS) is 20.2. The van der Waals surface area contributed by atoms with Crippen LogP contribution in [0.2, 0.25) is 0 Å². The van der Waals surface area contributed by atoms with Crippen LogP contribution in [0.5, 0.6) is 0 Å². The van der Waals surface area contributed by atoms with E-state index < -0.39 is 6.10 Å². The summed E-state index contributed by atoms with van der Waals surface area (Å²) in [7, 11) is 2.13. The lowest BCUT2D eigenvalue weighted by molar-refractivity contribution is -0.121. The largest absolute Gasteiger partial charge is 0.393 e. The van der Waals surface area contributed by atoms with Crippen molar-refractivity contribution in [1.82, 2.24) is 15.1 Å². The van der Waals surface area contributed by atoms with E-state index in [0.29, 0.717) is 19.4 Å². The van der Waals surface area contributed by atoms with Crippen LogP contribution >= 0.6 is 0 Å². The van der Waals surface area contributed by atoms with E-state index in [1.54, 1.807) is 6.92 Å². The molecule has 2 N–H and O–H groups in total. The van der Waals surface area contributed by atoms with Crippen molar-refractivity contribution in [1.29, 1.82) is 0 Å². The van der Waals surface area contributed by atoms with Gasteiger partial charge in [0, 0.05) is 45.7 Å². The number of hydrogen-bond donors (Lipinski definition) is 2. The quantitative estimate of drug-likeness (QED) is 0.661. The molecule has 17 heavy (non-hydrogen) atoms. The predicted octanol–water partition coefficient (Wildman–Crippen LogP) is -0.489. The second-order valence-corrected chi connectivity index (χ2v) is 4.88. The molecule has 5 heteroatoms. The first-order chi connectivity index (χ1) is 8.08. The number of amides is 1. The summed E-state index contributed by atoms with van der Waals surface area (Å²) < 4.78 is 0. The highest BCUT2D eigenvalue weighted by molar-refractivity contribution is 5.75. The lowest BCUT2D eigenvalue weighted by Crippen LogP contribution is -2.46. The van der Waals surface area contributed by atoms with E-state index in [2.05, 4.69) is 22.2 Å². The number of aliphatic hydroxyl groups is 1. The second-order valence-electron chi connectivity index (χ2n) is 4.88. The average Bonchev–Trinajstić information content (AvgIpc) is 2.29. The van der Waals surface area contributed by atoms with Crippen molar-refractivity contribution < 1.29 is 9.90 Å². The van der Waals surface area contributed by atoms with Gasteiger partial charge in [-0.15, -0.1) is 0 Å². The Morgan fingerprint density at radius 1 is 1.35 bits per heavy atom. The van der Waals surface area contributed by atoms with Gasteiger partial charge >= 0.3 is 0 Å². The highest BCUT2D eigenvalue weighted by Crippen LogP contribution is 1.98. The number of piperazine rings is 1. The van der Waals surface area contributed by atoms with Gasteiger partial charge in [-0.2, -0.15) is 0 Å². The molecule has 5 nitrogen and oxygen atoms in total. The molecule has 1 aliphatic heterocycles. The predicted molar refractivity (Wildman–Crippen MR) is 67.9 cm³/mol. The molecule has 1 amide bonds. The molecule has 1 rings (SSSR count). The van der Waals surface area contributed by atoms with Crippen LogP contribution in [-0.2, 0) is 4.79 Å².